The first-order chi connectivity index (χ1) is 9.13. The van der Waals surface area contributed by atoms with Crippen LogP contribution in [0.15, 0.2) is 6.07 Å². The van der Waals surface area contributed by atoms with Crippen molar-refractivity contribution in [1.29, 1.82) is 0 Å². The second kappa shape index (κ2) is 6.14. The minimum atomic E-state index is -0.166. The summed E-state index contributed by atoms with van der Waals surface area (Å²) in [5.41, 5.74) is 2.57. The molecule has 106 valence electrons. The van der Waals surface area contributed by atoms with Crippen LogP contribution in [0.2, 0.25) is 0 Å². The zero-order chi connectivity index (χ0) is 13.8. The number of nitrogens with zero attached hydrogens (tertiary/aromatic N) is 3. The van der Waals surface area contributed by atoms with Crippen LogP contribution in [-0.4, -0.2) is 47.5 Å². The average Bonchev–Trinajstić information content (AvgIpc) is 2.46. The molecule has 4 N–H and O–H groups in total. The van der Waals surface area contributed by atoms with E-state index >= 15 is 0 Å². The Bertz CT molecular complexity index is 427. The number of aromatic nitrogens is 2. The molecule has 1 aliphatic rings. The molecule has 2 heterocycles. The molecule has 1 fully saturated rings. The number of aliphatic hydroxyl groups is 1. The Morgan fingerprint density at radius 1 is 1.58 bits per heavy atom. The average molecular weight is 267 g/mol. The quantitative estimate of drug-likeness (QED) is 0.525. The first-order valence-electron chi connectivity index (χ1n) is 6.47. The van der Waals surface area contributed by atoms with Gasteiger partial charge in [-0.05, 0) is 0 Å². The smallest absolute Gasteiger partial charge is 0.145 e. The molecule has 1 aliphatic heterocycles. The predicted octanol–water partition coefficient (Wildman–Crippen LogP) is 0.0831. The van der Waals surface area contributed by atoms with Crippen molar-refractivity contribution in [2.45, 2.75) is 25.9 Å². The van der Waals surface area contributed by atoms with Gasteiger partial charge in [-0.3, -0.25) is 0 Å². The van der Waals surface area contributed by atoms with Gasteiger partial charge in [-0.1, -0.05) is 13.8 Å². The number of ether oxygens (including phenoxy) is 1. The number of nitrogens with one attached hydrogen (secondary N) is 1. The summed E-state index contributed by atoms with van der Waals surface area (Å²) in [7, 11) is 0. The van der Waals surface area contributed by atoms with Crippen molar-refractivity contribution < 1.29 is 9.84 Å². The number of morpholine rings is 1. The molecule has 1 unspecified atom stereocenters. The molecule has 0 bridgehead atoms. The van der Waals surface area contributed by atoms with Gasteiger partial charge in [-0.15, -0.1) is 0 Å². The van der Waals surface area contributed by atoms with E-state index in [0.29, 0.717) is 19.0 Å². The highest BCUT2D eigenvalue weighted by Crippen LogP contribution is 2.21. The van der Waals surface area contributed by atoms with E-state index in [1.807, 2.05) is 19.9 Å². The summed E-state index contributed by atoms with van der Waals surface area (Å²) >= 11 is 0. The van der Waals surface area contributed by atoms with Crippen molar-refractivity contribution in [1.82, 2.24) is 9.97 Å². The van der Waals surface area contributed by atoms with Gasteiger partial charge in [0.15, 0.2) is 0 Å². The van der Waals surface area contributed by atoms with E-state index < -0.39 is 0 Å². The highest BCUT2D eigenvalue weighted by molar-refractivity contribution is 5.49. The molecule has 1 atom stereocenters. The van der Waals surface area contributed by atoms with Gasteiger partial charge in [-0.2, -0.15) is 0 Å². The van der Waals surface area contributed by atoms with Crippen LogP contribution in [-0.2, 0) is 4.74 Å². The zero-order valence-electron chi connectivity index (χ0n) is 11.3. The lowest BCUT2D eigenvalue weighted by molar-refractivity contribution is 0.00335. The summed E-state index contributed by atoms with van der Waals surface area (Å²) in [5.74, 6) is 7.83. The van der Waals surface area contributed by atoms with Crippen LogP contribution < -0.4 is 16.2 Å². The van der Waals surface area contributed by atoms with Crippen LogP contribution >= 0.6 is 0 Å². The Labute approximate surface area is 112 Å². The van der Waals surface area contributed by atoms with Gasteiger partial charge in [0.05, 0.1) is 19.3 Å². The fourth-order valence-electron chi connectivity index (χ4n) is 1.98. The molecule has 7 nitrogen and oxygen atoms in total. The molecule has 19 heavy (non-hydrogen) atoms. The second-order valence-corrected chi connectivity index (χ2v) is 4.89. The molecule has 1 aromatic rings. The van der Waals surface area contributed by atoms with Crippen molar-refractivity contribution >= 4 is 11.6 Å². The molecule has 2 rings (SSSR count). The van der Waals surface area contributed by atoms with Crippen molar-refractivity contribution in [3.05, 3.63) is 11.9 Å². The van der Waals surface area contributed by atoms with E-state index in [-0.39, 0.29) is 18.6 Å². The molecule has 0 spiro atoms. The molecule has 0 saturated carbocycles. The van der Waals surface area contributed by atoms with Gasteiger partial charge in [0.25, 0.3) is 0 Å². The normalized spacial score (nSPS) is 19.8. The van der Waals surface area contributed by atoms with E-state index in [4.69, 9.17) is 10.6 Å². The molecule has 0 radical (unpaired) electrons. The number of nitrogen functional groups attached to an aromatic ring is 1. The standard InChI is InChI=1S/C12H21N5O2/c1-8(2)12-14-10(16-13)5-11(15-12)17-3-4-19-9(6-17)7-18/h5,8-9,18H,3-4,6-7,13H2,1-2H3,(H,14,15,16). The zero-order valence-corrected chi connectivity index (χ0v) is 11.3. The summed E-state index contributed by atoms with van der Waals surface area (Å²) in [6.45, 7) is 6.03. The van der Waals surface area contributed by atoms with Crippen LogP contribution in [0, 0.1) is 0 Å². The third-order valence-corrected chi connectivity index (χ3v) is 3.06. The van der Waals surface area contributed by atoms with Crippen molar-refractivity contribution in [3.8, 4) is 0 Å². The van der Waals surface area contributed by atoms with Gasteiger partial charge >= 0.3 is 0 Å². The summed E-state index contributed by atoms with van der Waals surface area (Å²) in [4.78, 5) is 11.0. The number of aliphatic hydroxyl groups excluding tert-OH is 1. The minimum Gasteiger partial charge on any atom is -0.394 e. The SMILES string of the molecule is CC(C)c1nc(NN)cc(N2CCOC(CO)C2)n1. The Morgan fingerprint density at radius 3 is 3.00 bits per heavy atom. The third-order valence-electron chi connectivity index (χ3n) is 3.06. The van der Waals surface area contributed by atoms with Crippen molar-refractivity contribution in [2.75, 3.05) is 36.6 Å². The topological polar surface area (TPSA) is 96.5 Å². The lowest BCUT2D eigenvalue weighted by Gasteiger charge is -2.33. The molecule has 0 amide bonds. The van der Waals surface area contributed by atoms with Crippen LogP contribution in [0.25, 0.3) is 0 Å². The predicted molar refractivity (Wildman–Crippen MR) is 73.0 cm³/mol. The fourth-order valence-corrected chi connectivity index (χ4v) is 1.98. The maximum atomic E-state index is 9.18. The molecular weight excluding hydrogens is 246 g/mol. The van der Waals surface area contributed by atoms with E-state index in [9.17, 15) is 5.11 Å². The Balaban J connectivity index is 2.25. The Morgan fingerprint density at radius 2 is 2.37 bits per heavy atom. The lowest BCUT2D eigenvalue weighted by atomic mass is 10.2. The van der Waals surface area contributed by atoms with Crippen LogP contribution in [0.5, 0.6) is 0 Å². The van der Waals surface area contributed by atoms with Gasteiger partial charge in [-0.25, -0.2) is 15.8 Å². The third kappa shape index (κ3) is 3.31. The first-order valence-corrected chi connectivity index (χ1v) is 6.47. The number of hydrazine groups is 1. The summed E-state index contributed by atoms with van der Waals surface area (Å²) in [6.07, 6.45) is -0.166. The van der Waals surface area contributed by atoms with Crippen LogP contribution in [0.4, 0.5) is 11.6 Å². The van der Waals surface area contributed by atoms with Gasteiger partial charge in [0, 0.05) is 25.1 Å². The van der Waals surface area contributed by atoms with E-state index in [1.54, 1.807) is 0 Å². The molecule has 1 aromatic heterocycles. The van der Waals surface area contributed by atoms with E-state index in [1.165, 1.54) is 0 Å². The van der Waals surface area contributed by atoms with Gasteiger partial charge in [0.1, 0.15) is 17.5 Å². The molecular formula is C12H21N5O2. The van der Waals surface area contributed by atoms with Crippen LogP contribution in [0.3, 0.4) is 0 Å². The number of anilines is 2. The number of hydrogen-bond acceptors (Lipinski definition) is 7. The number of nitrogens with two attached hydrogens (primary N) is 1. The molecule has 0 aliphatic carbocycles. The summed E-state index contributed by atoms with van der Waals surface area (Å²) in [6, 6.07) is 1.81. The lowest BCUT2D eigenvalue weighted by Crippen LogP contribution is -2.44. The Kier molecular flexibility index (Phi) is 4.52. The molecule has 0 aromatic carbocycles. The van der Waals surface area contributed by atoms with Gasteiger partial charge < -0.3 is 20.2 Å². The fraction of sp³-hybridized carbons (Fsp3) is 0.667. The van der Waals surface area contributed by atoms with Crippen molar-refractivity contribution in [2.24, 2.45) is 5.84 Å². The van der Waals surface area contributed by atoms with Crippen molar-refractivity contribution in [3.63, 3.8) is 0 Å². The molecule has 7 heteroatoms. The minimum absolute atomic E-state index is 0.0145. The largest absolute Gasteiger partial charge is 0.394 e. The number of rotatable bonds is 4. The highest BCUT2D eigenvalue weighted by atomic mass is 16.5. The maximum Gasteiger partial charge on any atom is 0.145 e. The number of hydrogen-bond donors (Lipinski definition) is 3. The van der Waals surface area contributed by atoms with Gasteiger partial charge in [0.2, 0.25) is 0 Å². The van der Waals surface area contributed by atoms with Crippen LogP contribution in [0.1, 0.15) is 25.6 Å². The first kappa shape index (κ1) is 14.0. The maximum absolute atomic E-state index is 9.18. The Hall–Kier alpha value is -1.44. The highest BCUT2D eigenvalue weighted by Gasteiger charge is 2.22. The summed E-state index contributed by atoms with van der Waals surface area (Å²) in [5, 5.41) is 9.18. The molecule has 1 saturated heterocycles. The van der Waals surface area contributed by atoms with E-state index in [0.717, 1.165) is 18.2 Å². The summed E-state index contributed by atoms with van der Waals surface area (Å²) < 4.78 is 5.44. The second-order valence-electron chi connectivity index (χ2n) is 4.89. The monoisotopic (exact) mass is 267 g/mol. The van der Waals surface area contributed by atoms with E-state index in [2.05, 4.69) is 20.3 Å².